The van der Waals surface area contributed by atoms with Crippen LogP contribution < -0.4 is 20.8 Å². The lowest BCUT2D eigenvalue weighted by atomic mass is 9.59. The second kappa shape index (κ2) is 12.7. The lowest BCUT2D eigenvalue weighted by molar-refractivity contribution is 0.521. The Balaban J connectivity index is 1.18. The predicted octanol–water partition coefficient (Wildman–Crippen LogP) is 11.4. The predicted molar refractivity (Wildman–Crippen MR) is 217 cm³/mol. The Morgan fingerprint density at radius 2 is 0.765 bits per heavy atom. The largest absolute Gasteiger partial charge is 0.310 e. The summed E-state index contributed by atoms with van der Waals surface area (Å²) in [4.78, 5) is 2.35. The van der Waals surface area contributed by atoms with E-state index in [1.54, 1.807) is 0 Å². The van der Waals surface area contributed by atoms with Gasteiger partial charge in [0.15, 0.2) is 7.14 Å². The molecule has 0 aliphatic heterocycles. The fourth-order valence-corrected chi connectivity index (χ4v) is 10.6. The Hall–Kier alpha value is -5.43. The number of para-hydroxylation sites is 2. The van der Waals surface area contributed by atoms with Crippen molar-refractivity contribution in [1.29, 1.82) is 0 Å². The summed E-state index contributed by atoms with van der Waals surface area (Å²) in [6.07, 6.45) is 0. The van der Waals surface area contributed by atoms with Crippen LogP contribution in [0.4, 0.5) is 17.1 Å². The van der Waals surface area contributed by atoms with Gasteiger partial charge in [-0.15, -0.1) is 0 Å². The molecule has 0 radical (unpaired) electrons. The lowest BCUT2D eigenvalue weighted by Crippen LogP contribution is -2.36. The summed E-state index contributed by atoms with van der Waals surface area (Å²) in [5, 5.41) is 2.53. The summed E-state index contributed by atoms with van der Waals surface area (Å²) >= 11 is 0. The third-order valence-corrected chi connectivity index (χ3v) is 13.9. The van der Waals surface area contributed by atoms with Gasteiger partial charge in [0, 0.05) is 43.8 Å². The van der Waals surface area contributed by atoms with Crippen LogP contribution in [0.25, 0.3) is 11.1 Å². The van der Waals surface area contributed by atoms with E-state index in [0.29, 0.717) is 0 Å². The molecule has 1 aliphatic rings. The smallest absolute Gasteiger partial charge is 0.171 e. The molecule has 7 aromatic carbocycles. The molecule has 250 valence electrons. The number of hydrogen-bond donors (Lipinski definition) is 0. The third kappa shape index (κ3) is 5.56. The molecule has 7 aromatic rings. The first kappa shape index (κ1) is 32.8. The summed E-state index contributed by atoms with van der Waals surface area (Å²) in [6.45, 7) is 9.43. The molecule has 0 unspecified atom stereocenters. The molecule has 1 aliphatic carbocycles. The van der Waals surface area contributed by atoms with E-state index in [-0.39, 0.29) is 10.8 Å². The van der Waals surface area contributed by atoms with E-state index in [9.17, 15) is 4.57 Å². The maximum absolute atomic E-state index is 15.0. The fraction of sp³-hybridized carbons (Fsp3) is 0.125. The normalized spacial score (nSPS) is 14.3. The van der Waals surface area contributed by atoms with Crippen LogP contribution in [-0.2, 0) is 15.4 Å². The van der Waals surface area contributed by atoms with Gasteiger partial charge < -0.3 is 9.46 Å². The molecule has 0 saturated heterocycles. The Labute approximate surface area is 302 Å². The molecule has 51 heavy (non-hydrogen) atoms. The van der Waals surface area contributed by atoms with E-state index in [4.69, 9.17) is 0 Å². The van der Waals surface area contributed by atoms with Gasteiger partial charge in [-0.3, -0.25) is 0 Å². The van der Waals surface area contributed by atoms with Gasteiger partial charge in [0.25, 0.3) is 0 Å². The molecule has 0 bridgehead atoms. The number of rotatable bonds is 7. The van der Waals surface area contributed by atoms with Crippen molar-refractivity contribution in [2.24, 2.45) is 0 Å². The van der Waals surface area contributed by atoms with E-state index in [1.807, 2.05) is 60.7 Å². The van der Waals surface area contributed by atoms with Gasteiger partial charge in [0.2, 0.25) is 0 Å². The van der Waals surface area contributed by atoms with Gasteiger partial charge in [-0.05, 0) is 75.8 Å². The second-order valence-electron chi connectivity index (χ2n) is 14.6. The van der Waals surface area contributed by atoms with Crippen LogP contribution in [0, 0.1) is 0 Å². The highest BCUT2D eigenvalue weighted by molar-refractivity contribution is 7.85. The fourth-order valence-electron chi connectivity index (χ4n) is 8.00. The average Bonchev–Trinajstić information content (AvgIpc) is 3.18. The van der Waals surface area contributed by atoms with Gasteiger partial charge >= 0.3 is 0 Å². The molecule has 2 nitrogen and oxygen atoms in total. The van der Waals surface area contributed by atoms with Gasteiger partial charge in [-0.2, -0.15) is 0 Å². The monoisotopic (exact) mass is 679 g/mol. The van der Waals surface area contributed by atoms with Gasteiger partial charge in [0.1, 0.15) is 0 Å². The van der Waals surface area contributed by atoms with Gasteiger partial charge in [-0.25, -0.2) is 0 Å². The minimum absolute atomic E-state index is 0.213. The maximum atomic E-state index is 15.0. The minimum Gasteiger partial charge on any atom is -0.310 e. The summed E-state index contributed by atoms with van der Waals surface area (Å²) in [5.41, 5.74) is 10.7. The molecule has 0 N–H and O–H groups in total. The van der Waals surface area contributed by atoms with Crippen molar-refractivity contribution in [3.63, 3.8) is 0 Å². The van der Waals surface area contributed by atoms with E-state index in [1.165, 1.54) is 22.3 Å². The summed E-state index contributed by atoms with van der Waals surface area (Å²) in [6, 6.07) is 63.4. The molecule has 8 rings (SSSR count). The number of hydrogen-bond acceptors (Lipinski definition) is 2. The van der Waals surface area contributed by atoms with Crippen LogP contribution in [0.3, 0.4) is 0 Å². The van der Waals surface area contributed by atoms with Crippen molar-refractivity contribution in [3.05, 3.63) is 204 Å². The first-order valence-electron chi connectivity index (χ1n) is 17.7. The Morgan fingerprint density at radius 1 is 0.373 bits per heavy atom. The molecule has 0 atom stereocenters. The first-order chi connectivity index (χ1) is 24.7. The minimum atomic E-state index is -3.04. The highest BCUT2D eigenvalue weighted by atomic mass is 31.2. The standard InChI is InChI=1S/C48H42NOP/c1-47(2)44-32-28-39(49(37-17-9-5-10-18-37)38-19-11-6-12-20-38)34-46(44)48(3,4)43-31-27-36(33-45(43)47)35-25-29-42(30-26-35)51(50,40-21-13-7-14-22-40)41-23-15-8-16-24-41/h5-34H,1-4H3. The highest BCUT2D eigenvalue weighted by Crippen LogP contribution is 2.52. The molecule has 0 amide bonds. The second-order valence-corrected chi connectivity index (χ2v) is 17.3. The zero-order chi connectivity index (χ0) is 35.2. The van der Waals surface area contributed by atoms with Crippen LogP contribution >= 0.6 is 7.14 Å². The van der Waals surface area contributed by atoms with Gasteiger partial charge in [0.05, 0.1) is 0 Å². The molecule has 0 saturated carbocycles. The van der Waals surface area contributed by atoms with Crippen molar-refractivity contribution < 1.29 is 4.57 Å². The van der Waals surface area contributed by atoms with Crippen LogP contribution in [0.2, 0.25) is 0 Å². The zero-order valence-corrected chi connectivity index (χ0v) is 30.5. The van der Waals surface area contributed by atoms with Crippen LogP contribution in [-0.4, -0.2) is 0 Å². The molecule has 0 aromatic heterocycles. The van der Waals surface area contributed by atoms with E-state index in [0.717, 1.165) is 44.1 Å². The van der Waals surface area contributed by atoms with Crippen LogP contribution in [0.1, 0.15) is 49.9 Å². The van der Waals surface area contributed by atoms with Crippen LogP contribution in [0.15, 0.2) is 182 Å². The topological polar surface area (TPSA) is 20.3 Å². The maximum Gasteiger partial charge on any atom is 0.171 e. The zero-order valence-electron chi connectivity index (χ0n) is 29.6. The lowest BCUT2D eigenvalue weighted by Gasteiger charge is -2.44. The molecule has 0 spiro atoms. The van der Waals surface area contributed by atoms with Crippen molar-refractivity contribution in [3.8, 4) is 11.1 Å². The molecular weight excluding hydrogens is 638 g/mol. The number of nitrogens with zero attached hydrogens (tertiary/aromatic N) is 1. The van der Waals surface area contributed by atoms with Crippen molar-refractivity contribution in [2.75, 3.05) is 4.90 Å². The van der Waals surface area contributed by atoms with Crippen molar-refractivity contribution >= 4 is 40.1 Å². The van der Waals surface area contributed by atoms with E-state index in [2.05, 4.69) is 154 Å². The summed E-state index contributed by atoms with van der Waals surface area (Å²) < 4.78 is 15.0. The SMILES string of the molecule is CC1(C)c2ccc(N(c3ccccc3)c3ccccc3)cc2C(C)(C)c2ccc(-c3ccc(P(=O)(c4ccccc4)c4ccccc4)cc3)cc21. The first-order valence-corrected chi connectivity index (χ1v) is 19.4. The summed E-state index contributed by atoms with van der Waals surface area (Å²) in [5.74, 6) is 0. The number of fused-ring (bicyclic) bond motifs is 2. The van der Waals surface area contributed by atoms with Crippen molar-refractivity contribution in [1.82, 2.24) is 0 Å². The van der Waals surface area contributed by atoms with Gasteiger partial charge in [-0.1, -0.05) is 167 Å². The quantitative estimate of drug-likeness (QED) is 0.156. The number of anilines is 3. The molecular formula is C48H42NOP. The Morgan fingerprint density at radius 3 is 1.25 bits per heavy atom. The van der Waals surface area contributed by atoms with E-state index < -0.39 is 7.14 Å². The molecule has 3 heteroatoms. The molecule has 0 fully saturated rings. The van der Waals surface area contributed by atoms with Crippen LogP contribution in [0.5, 0.6) is 0 Å². The van der Waals surface area contributed by atoms with E-state index >= 15 is 0 Å². The Kier molecular flexibility index (Phi) is 8.17. The number of benzene rings is 7. The summed E-state index contributed by atoms with van der Waals surface area (Å²) in [7, 11) is -3.04. The Bertz CT molecular complexity index is 2280. The molecule has 0 heterocycles. The average molecular weight is 680 g/mol. The third-order valence-electron chi connectivity index (χ3n) is 10.8. The highest BCUT2D eigenvalue weighted by Gasteiger charge is 2.42. The van der Waals surface area contributed by atoms with Crippen molar-refractivity contribution in [2.45, 2.75) is 38.5 Å².